The van der Waals surface area contributed by atoms with E-state index in [2.05, 4.69) is 38.7 Å². The Labute approximate surface area is 116 Å². The Morgan fingerprint density at radius 3 is 3.00 bits per heavy atom. The summed E-state index contributed by atoms with van der Waals surface area (Å²) in [7, 11) is 0. The number of alkyl halides is 1. The highest BCUT2D eigenvalue weighted by molar-refractivity contribution is 9.10. The zero-order chi connectivity index (χ0) is 12.4. The first kappa shape index (κ1) is 13.2. The lowest BCUT2D eigenvalue weighted by Crippen LogP contribution is -2.09. The summed E-state index contributed by atoms with van der Waals surface area (Å²) in [6.07, 6.45) is 6.68. The summed E-state index contributed by atoms with van der Waals surface area (Å²) in [4.78, 5) is 0. The minimum absolute atomic E-state index is 0.219. The lowest BCUT2D eigenvalue weighted by atomic mass is 9.95. The molecule has 1 aliphatic rings. The summed E-state index contributed by atoms with van der Waals surface area (Å²) in [5.74, 6) is 0. The molecule has 0 N–H and O–H groups in total. The fourth-order valence-electron chi connectivity index (χ4n) is 2.35. The van der Waals surface area contributed by atoms with Gasteiger partial charge in [-0.1, -0.05) is 11.6 Å². The second-order valence-electron chi connectivity index (χ2n) is 4.57. The van der Waals surface area contributed by atoms with Crippen molar-refractivity contribution in [3.05, 3.63) is 27.5 Å². The Hall–Kier alpha value is -0.280. The Kier molecular flexibility index (Phi) is 4.31. The van der Waals surface area contributed by atoms with Crippen molar-refractivity contribution in [1.82, 2.24) is 9.78 Å². The molecule has 1 atom stereocenters. The van der Waals surface area contributed by atoms with Crippen molar-refractivity contribution in [2.45, 2.75) is 51.5 Å². The number of allylic oxidation sites excluding steroid dienone is 2. The zero-order valence-corrected chi connectivity index (χ0v) is 12.7. The van der Waals surface area contributed by atoms with E-state index in [0.29, 0.717) is 0 Å². The second-order valence-corrected chi connectivity index (χ2v) is 5.93. The third-order valence-corrected chi connectivity index (χ3v) is 4.62. The van der Waals surface area contributed by atoms with Gasteiger partial charge in [0.1, 0.15) is 0 Å². The smallest absolute Gasteiger partial charge is 0.0738 e. The molecule has 0 bridgehead atoms. The zero-order valence-electron chi connectivity index (χ0n) is 10.3. The molecular weight excluding hydrogens is 300 g/mol. The van der Waals surface area contributed by atoms with Gasteiger partial charge in [-0.3, -0.25) is 4.68 Å². The lowest BCUT2D eigenvalue weighted by molar-refractivity contribution is 0.612. The number of aryl methyl sites for hydroxylation is 2. The van der Waals surface area contributed by atoms with Gasteiger partial charge in [-0.2, -0.15) is 5.10 Å². The monoisotopic (exact) mass is 316 g/mol. The molecule has 17 heavy (non-hydrogen) atoms. The molecule has 0 amide bonds. The number of halogens is 2. The Balaban J connectivity index is 2.23. The number of hydrogen-bond acceptors (Lipinski definition) is 1. The van der Waals surface area contributed by atoms with Crippen LogP contribution in [-0.2, 0) is 13.0 Å². The molecule has 0 saturated carbocycles. The number of aromatic nitrogens is 2. The maximum atomic E-state index is 6.19. The fraction of sp³-hybridized carbons (Fsp3) is 0.615. The quantitative estimate of drug-likeness (QED) is 0.602. The second kappa shape index (κ2) is 5.57. The van der Waals surface area contributed by atoms with Crippen molar-refractivity contribution in [3.63, 3.8) is 0 Å². The third kappa shape index (κ3) is 2.94. The molecule has 2 nitrogen and oxygen atoms in total. The van der Waals surface area contributed by atoms with Gasteiger partial charge in [-0.25, -0.2) is 0 Å². The van der Waals surface area contributed by atoms with E-state index in [4.69, 9.17) is 11.6 Å². The first-order valence-corrected chi connectivity index (χ1v) is 7.40. The summed E-state index contributed by atoms with van der Waals surface area (Å²) in [6.45, 7) is 5.08. The number of hydrogen-bond donors (Lipinski definition) is 0. The van der Waals surface area contributed by atoms with Crippen molar-refractivity contribution in [2.24, 2.45) is 0 Å². The van der Waals surface area contributed by atoms with Crippen LogP contribution in [0.5, 0.6) is 0 Å². The SMILES string of the molecule is CCn1nc(C)c(Br)c1CC1=CC(Cl)CCC1. The Morgan fingerprint density at radius 1 is 1.59 bits per heavy atom. The van der Waals surface area contributed by atoms with E-state index in [1.807, 2.05) is 6.92 Å². The molecule has 2 rings (SSSR count). The van der Waals surface area contributed by atoms with Crippen molar-refractivity contribution in [1.29, 1.82) is 0 Å². The maximum absolute atomic E-state index is 6.19. The first-order chi connectivity index (χ1) is 8.11. The first-order valence-electron chi connectivity index (χ1n) is 6.17. The van der Waals surface area contributed by atoms with Crippen LogP contribution in [0.1, 0.15) is 37.6 Å². The van der Waals surface area contributed by atoms with Crippen LogP contribution >= 0.6 is 27.5 Å². The van der Waals surface area contributed by atoms with E-state index in [-0.39, 0.29) is 5.38 Å². The van der Waals surface area contributed by atoms with Crippen LogP contribution in [0, 0.1) is 6.92 Å². The molecule has 1 aromatic rings. The predicted octanol–water partition coefficient (Wildman–Crippen LogP) is 4.23. The van der Waals surface area contributed by atoms with E-state index in [1.54, 1.807) is 0 Å². The van der Waals surface area contributed by atoms with Crippen LogP contribution in [-0.4, -0.2) is 15.2 Å². The summed E-state index contributed by atoms with van der Waals surface area (Å²) < 4.78 is 3.23. The number of nitrogens with zero attached hydrogens (tertiary/aromatic N) is 2. The van der Waals surface area contributed by atoms with Crippen LogP contribution < -0.4 is 0 Å². The van der Waals surface area contributed by atoms with Gasteiger partial charge in [0.25, 0.3) is 0 Å². The van der Waals surface area contributed by atoms with Gasteiger partial charge in [-0.15, -0.1) is 11.6 Å². The largest absolute Gasteiger partial charge is 0.268 e. The van der Waals surface area contributed by atoms with Crippen LogP contribution in [0.15, 0.2) is 16.1 Å². The van der Waals surface area contributed by atoms with Crippen LogP contribution in [0.3, 0.4) is 0 Å². The molecule has 1 heterocycles. The number of rotatable bonds is 3. The highest BCUT2D eigenvalue weighted by Gasteiger charge is 2.16. The molecule has 1 unspecified atom stereocenters. The van der Waals surface area contributed by atoms with Gasteiger partial charge in [0.05, 0.1) is 21.2 Å². The van der Waals surface area contributed by atoms with Gasteiger partial charge >= 0.3 is 0 Å². The fourth-order valence-corrected chi connectivity index (χ4v) is 3.10. The molecular formula is C13H18BrClN2. The van der Waals surface area contributed by atoms with Gasteiger partial charge in [0.15, 0.2) is 0 Å². The average Bonchev–Trinajstić information content (AvgIpc) is 2.57. The van der Waals surface area contributed by atoms with Crippen LogP contribution in [0.2, 0.25) is 0 Å². The normalized spacial score (nSPS) is 20.5. The Bertz CT molecular complexity index is 437. The molecule has 0 radical (unpaired) electrons. The van der Waals surface area contributed by atoms with E-state index >= 15 is 0 Å². The molecule has 0 fully saturated rings. The molecule has 4 heteroatoms. The van der Waals surface area contributed by atoms with E-state index in [1.165, 1.54) is 24.1 Å². The highest BCUT2D eigenvalue weighted by atomic mass is 79.9. The predicted molar refractivity (Wildman–Crippen MR) is 75.6 cm³/mol. The van der Waals surface area contributed by atoms with Gasteiger partial charge in [0.2, 0.25) is 0 Å². The van der Waals surface area contributed by atoms with E-state index < -0.39 is 0 Å². The van der Waals surface area contributed by atoms with Gasteiger partial charge in [0, 0.05) is 13.0 Å². The Morgan fingerprint density at radius 2 is 2.35 bits per heavy atom. The minimum atomic E-state index is 0.219. The van der Waals surface area contributed by atoms with E-state index in [9.17, 15) is 0 Å². The maximum Gasteiger partial charge on any atom is 0.0738 e. The summed E-state index contributed by atoms with van der Waals surface area (Å²) in [5, 5.41) is 4.74. The highest BCUT2D eigenvalue weighted by Crippen LogP contribution is 2.28. The van der Waals surface area contributed by atoms with Crippen molar-refractivity contribution >= 4 is 27.5 Å². The molecule has 0 spiro atoms. The lowest BCUT2D eigenvalue weighted by Gasteiger charge is -2.17. The third-order valence-electron chi connectivity index (χ3n) is 3.24. The van der Waals surface area contributed by atoms with Crippen LogP contribution in [0.25, 0.3) is 0 Å². The van der Waals surface area contributed by atoms with Crippen molar-refractivity contribution in [2.75, 3.05) is 0 Å². The van der Waals surface area contributed by atoms with Gasteiger partial charge < -0.3 is 0 Å². The summed E-state index contributed by atoms with van der Waals surface area (Å²) >= 11 is 9.83. The summed E-state index contributed by atoms with van der Waals surface area (Å²) in [5.41, 5.74) is 3.80. The van der Waals surface area contributed by atoms with Crippen molar-refractivity contribution in [3.8, 4) is 0 Å². The van der Waals surface area contributed by atoms with Crippen molar-refractivity contribution < 1.29 is 0 Å². The molecule has 1 aliphatic carbocycles. The molecule has 0 aliphatic heterocycles. The molecule has 0 saturated heterocycles. The summed E-state index contributed by atoms with van der Waals surface area (Å²) in [6, 6.07) is 0. The standard InChI is InChI=1S/C13H18BrClN2/c1-3-17-12(13(14)9(2)16-17)8-10-5-4-6-11(15)7-10/h7,11H,3-6,8H2,1-2H3. The van der Waals surface area contributed by atoms with Gasteiger partial charge in [-0.05, 0) is 49.0 Å². The minimum Gasteiger partial charge on any atom is -0.268 e. The average molecular weight is 318 g/mol. The molecule has 1 aromatic heterocycles. The van der Waals surface area contributed by atoms with Crippen LogP contribution in [0.4, 0.5) is 0 Å². The molecule has 94 valence electrons. The van der Waals surface area contributed by atoms with E-state index in [0.717, 1.165) is 29.6 Å². The topological polar surface area (TPSA) is 17.8 Å². The molecule has 0 aromatic carbocycles.